The van der Waals surface area contributed by atoms with Crippen LogP contribution >= 0.6 is 0 Å². The first kappa shape index (κ1) is 20.6. The third-order valence-corrected chi connectivity index (χ3v) is 4.11. The molecule has 3 N–H and O–H groups in total. The second kappa shape index (κ2) is 7.51. The highest BCUT2D eigenvalue weighted by atomic mass is 19.4. The number of ether oxygens (including phenoxy) is 3. The normalized spacial score (nSPS) is 25.2. The van der Waals surface area contributed by atoms with Crippen molar-refractivity contribution >= 4 is 12.0 Å². The third-order valence-electron chi connectivity index (χ3n) is 4.11. The van der Waals surface area contributed by atoms with Crippen LogP contribution in [0.2, 0.25) is 0 Å². The zero-order chi connectivity index (χ0) is 20.4. The van der Waals surface area contributed by atoms with E-state index < -0.39 is 35.9 Å². The summed E-state index contributed by atoms with van der Waals surface area (Å²) in [4.78, 5) is 24.1. The van der Waals surface area contributed by atoms with Crippen molar-refractivity contribution in [1.82, 2.24) is 10.6 Å². The van der Waals surface area contributed by atoms with Crippen LogP contribution in [0.15, 0.2) is 18.2 Å². The summed E-state index contributed by atoms with van der Waals surface area (Å²) in [5.41, 5.74) is -3.73. The van der Waals surface area contributed by atoms with E-state index in [1.807, 2.05) is 0 Å². The lowest BCUT2D eigenvalue weighted by Crippen LogP contribution is -2.73. The summed E-state index contributed by atoms with van der Waals surface area (Å²) in [6, 6.07) is 1.22. The number of hydrogen-bond donors (Lipinski definition) is 3. The standard InChI is InChI=1S/C16H19F3N2O6/c1-4-27-13(22)11-12(8-5-6-9(25-2)10(7-8)26-3)20-14(23)21-15(11,24)16(17,18)19/h5-7,11-12,24H,4H2,1-3H3,(H2,20,21,23)/t11-,12-,15-/m1/s1. The highest BCUT2D eigenvalue weighted by molar-refractivity contribution is 5.83. The molecule has 0 spiro atoms. The van der Waals surface area contributed by atoms with Crippen molar-refractivity contribution in [2.75, 3.05) is 20.8 Å². The average molecular weight is 392 g/mol. The predicted octanol–water partition coefficient (Wildman–Crippen LogP) is 1.49. The Labute approximate surface area is 152 Å². The van der Waals surface area contributed by atoms with Crippen LogP contribution in [0.4, 0.5) is 18.0 Å². The summed E-state index contributed by atoms with van der Waals surface area (Å²) in [6.45, 7) is 1.20. The van der Waals surface area contributed by atoms with E-state index in [0.29, 0.717) is 5.75 Å². The molecule has 11 heteroatoms. The summed E-state index contributed by atoms with van der Waals surface area (Å²) in [6.07, 6.45) is -5.34. The van der Waals surface area contributed by atoms with Gasteiger partial charge in [-0.3, -0.25) is 4.79 Å². The topological polar surface area (TPSA) is 106 Å². The third kappa shape index (κ3) is 3.72. The van der Waals surface area contributed by atoms with Gasteiger partial charge in [-0.05, 0) is 24.6 Å². The van der Waals surface area contributed by atoms with Gasteiger partial charge in [0.1, 0.15) is 5.92 Å². The molecule has 1 saturated heterocycles. The number of hydrogen-bond acceptors (Lipinski definition) is 6. The lowest BCUT2D eigenvalue weighted by molar-refractivity contribution is -0.294. The lowest BCUT2D eigenvalue weighted by Gasteiger charge is -2.44. The number of methoxy groups -OCH3 is 2. The maximum atomic E-state index is 13.6. The van der Waals surface area contributed by atoms with Crippen molar-refractivity contribution in [2.24, 2.45) is 5.92 Å². The van der Waals surface area contributed by atoms with Crippen LogP contribution in [0.1, 0.15) is 18.5 Å². The molecule has 8 nitrogen and oxygen atoms in total. The minimum absolute atomic E-state index is 0.0863. The van der Waals surface area contributed by atoms with Gasteiger partial charge in [0.25, 0.3) is 5.72 Å². The fourth-order valence-corrected chi connectivity index (χ4v) is 2.86. The van der Waals surface area contributed by atoms with Crippen molar-refractivity contribution in [3.05, 3.63) is 23.8 Å². The summed E-state index contributed by atoms with van der Waals surface area (Å²) in [7, 11) is 2.69. The number of carbonyl (C=O) groups excluding carboxylic acids is 2. The number of benzene rings is 1. The SMILES string of the molecule is CCOC(=O)[C@H]1[C@@H](c2ccc(OC)c(OC)c2)NC(=O)N[C@]1(O)C(F)(F)F. The second-order valence-corrected chi connectivity index (χ2v) is 5.68. The van der Waals surface area contributed by atoms with Gasteiger partial charge in [-0.2, -0.15) is 13.2 Å². The van der Waals surface area contributed by atoms with Crippen LogP contribution in [0.5, 0.6) is 11.5 Å². The van der Waals surface area contributed by atoms with E-state index >= 15 is 0 Å². The molecule has 1 aromatic carbocycles. The average Bonchev–Trinajstić information content (AvgIpc) is 2.59. The Morgan fingerprint density at radius 3 is 2.41 bits per heavy atom. The number of rotatable bonds is 5. The van der Waals surface area contributed by atoms with Gasteiger partial charge >= 0.3 is 18.2 Å². The number of amides is 2. The molecule has 0 aromatic heterocycles. The molecule has 1 aromatic rings. The zero-order valence-electron chi connectivity index (χ0n) is 14.7. The summed E-state index contributed by atoms with van der Waals surface area (Å²) < 4.78 is 55.6. The van der Waals surface area contributed by atoms with Gasteiger partial charge in [0.15, 0.2) is 11.5 Å². The van der Waals surface area contributed by atoms with Gasteiger partial charge in [-0.1, -0.05) is 6.07 Å². The van der Waals surface area contributed by atoms with Crippen molar-refractivity contribution in [1.29, 1.82) is 0 Å². The number of halogens is 3. The monoisotopic (exact) mass is 392 g/mol. The Morgan fingerprint density at radius 1 is 1.26 bits per heavy atom. The van der Waals surface area contributed by atoms with Gasteiger partial charge in [-0.25, -0.2) is 4.79 Å². The van der Waals surface area contributed by atoms with E-state index in [-0.39, 0.29) is 17.9 Å². The van der Waals surface area contributed by atoms with Crippen LogP contribution in [0.3, 0.4) is 0 Å². The number of nitrogens with one attached hydrogen (secondary N) is 2. The highest BCUT2D eigenvalue weighted by Gasteiger charge is 2.67. The van der Waals surface area contributed by atoms with Crippen molar-refractivity contribution < 1.29 is 42.1 Å². The Bertz CT molecular complexity index is 727. The first-order valence-corrected chi connectivity index (χ1v) is 7.85. The predicted molar refractivity (Wildman–Crippen MR) is 85.1 cm³/mol. The number of aliphatic hydroxyl groups is 1. The molecule has 1 heterocycles. The van der Waals surface area contributed by atoms with Gasteiger partial charge in [0.2, 0.25) is 0 Å². The molecule has 1 aliphatic rings. The first-order chi connectivity index (χ1) is 12.6. The Hall–Kier alpha value is -2.69. The fraction of sp³-hybridized carbons (Fsp3) is 0.500. The molecule has 2 rings (SSSR count). The minimum Gasteiger partial charge on any atom is -0.493 e. The molecule has 1 aliphatic heterocycles. The Balaban J connectivity index is 2.60. The molecule has 27 heavy (non-hydrogen) atoms. The lowest BCUT2D eigenvalue weighted by atomic mass is 9.82. The van der Waals surface area contributed by atoms with Crippen LogP contribution < -0.4 is 20.1 Å². The molecule has 3 atom stereocenters. The van der Waals surface area contributed by atoms with Crippen molar-refractivity contribution in [2.45, 2.75) is 24.9 Å². The van der Waals surface area contributed by atoms with Gasteiger partial charge < -0.3 is 30.0 Å². The number of urea groups is 1. The molecular formula is C16H19F3N2O6. The van der Waals surface area contributed by atoms with Gasteiger partial charge in [-0.15, -0.1) is 0 Å². The van der Waals surface area contributed by atoms with E-state index in [4.69, 9.17) is 14.2 Å². The molecule has 0 bridgehead atoms. The smallest absolute Gasteiger partial charge is 0.437 e. The molecule has 150 valence electrons. The number of esters is 1. The van der Waals surface area contributed by atoms with Crippen LogP contribution in [0.25, 0.3) is 0 Å². The molecule has 0 unspecified atom stereocenters. The number of carbonyl (C=O) groups is 2. The van der Waals surface area contributed by atoms with Crippen molar-refractivity contribution in [3.8, 4) is 11.5 Å². The summed E-state index contributed by atoms with van der Waals surface area (Å²) >= 11 is 0. The second-order valence-electron chi connectivity index (χ2n) is 5.68. The zero-order valence-corrected chi connectivity index (χ0v) is 14.7. The van der Waals surface area contributed by atoms with E-state index in [2.05, 4.69) is 5.32 Å². The Morgan fingerprint density at radius 2 is 1.89 bits per heavy atom. The van der Waals surface area contributed by atoms with Crippen LogP contribution in [-0.4, -0.2) is 49.8 Å². The first-order valence-electron chi connectivity index (χ1n) is 7.85. The Kier molecular flexibility index (Phi) is 5.73. The molecule has 0 radical (unpaired) electrons. The molecule has 0 saturated carbocycles. The molecule has 0 aliphatic carbocycles. The summed E-state index contributed by atoms with van der Waals surface area (Å²) in [5.74, 6) is -3.07. The van der Waals surface area contributed by atoms with Crippen LogP contribution in [0, 0.1) is 5.92 Å². The summed E-state index contributed by atoms with van der Waals surface area (Å²) in [5, 5.41) is 13.9. The maximum absolute atomic E-state index is 13.6. The number of alkyl halides is 3. The van der Waals surface area contributed by atoms with Crippen LogP contribution in [-0.2, 0) is 9.53 Å². The van der Waals surface area contributed by atoms with Gasteiger partial charge in [0.05, 0.1) is 26.9 Å². The minimum atomic E-state index is -5.34. The van der Waals surface area contributed by atoms with Crippen molar-refractivity contribution in [3.63, 3.8) is 0 Å². The largest absolute Gasteiger partial charge is 0.493 e. The van der Waals surface area contributed by atoms with E-state index in [1.54, 1.807) is 0 Å². The highest BCUT2D eigenvalue weighted by Crippen LogP contribution is 2.44. The van der Waals surface area contributed by atoms with E-state index in [1.165, 1.54) is 44.7 Å². The quantitative estimate of drug-likeness (QED) is 0.656. The van der Waals surface area contributed by atoms with E-state index in [0.717, 1.165) is 0 Å². The van der Waals surface area contributed by atoms with E-state index in [9.17, 15) is 27.9 Å². The molecule has 1 fully saturated rings. The fourth-order valence-electron chi connectivity index (χ4n) is 2.86. The molecular weight excluding hydrogens is 373 g/mol. The maximum Gasteiger partial charge on any atom is 0.437 e. The molecule has 2 amide bonds. The van der Waals surface area contributed by atoms with Gasteiger partial charge in [0, 0.05) is 0 Å².